The molecule has 0 radical (unpaired) electrons. The minimum atomic E-state index is -0.615. The van der Waals surface area contributed by atoms with Crippen LogP contribution >= 0.6 is 0 Å². The van der Waals surface area contributed by atoms with Crippen molar-refractivity contribution >= 4 is 17.9 Å². The van der Waals surface area contributed by atoms with Gasteiger partial charge in [-0.25, -0.2) is 0 Å². The largest absolute Gasteiger partial charge is 0.462 e. The third-order valence-corrected chi connectivity index (χ3v) is 17.4. The molecule has 0 aromatic carbocycles. The van der Waals surface area contributed by atoms with Gasteiger partial charge in [0.05, 0.1) is 6.61 Å². The number of hydrogen-bond acceptors (Lipinski definition) is 8. The maximum Gasteiger partial charge on any atom is 0.306 e. The average Bonchev–Trinajstić information content (AvgIpc) is 4.22. The van der Waals surface area contributed by atoms with Crippen LogP contribution in [0.5, 0.6) is 0 Å². The summed E-state index contributed by atoms with van der Waals surface area (Å²) in [6.07, 6.45) is 44.8. The summed E-state index contributed by atoms with van der Waals surface area (Å²) in [7, 11) is 4.05. The van der Waals surface area contributed by atoms with Crippen LogP contribution < -0.4 is 0 Å². The highest BCUT2D eigenvalue weighted by molar-refractivity contribution is 5.70. The van der Waals surface area contributed by atoms with Crippen molar-refractivity contribution in [2.24, 2.45) is 59.2 Å². The lowest BCUT2D eigenvalue weighted by Crippen LogP contribution is -2.30. The molecule has 5 saturated carbocycles. The van der Waals surface area contributed by atoms with E-state index >= 15 is 0 Å². The Bertz CT molecular complexity index is 1430. The van der Waals surface area contributed by atoms with Gasteiger partial charge in [-0.3, -0.25) is 14.4 Å². The third kappa shape index (κ3) is 25.0. The van der Waals surface area contributed by atoms with Gasteiger partial charge in [-0.15, -0.1) is 0 Å². The van der Waals surface area contributed by atoms with E-state index in [-0.39, 0.29) is 43.1 Å². The van der Waals surface area contributed by atoms with Crippen molar-refractivity contribution in [3.05, 3.63) is 12.2 Å². The molecule has 8 nitrogen and oxygen atoms in total. The monoisotopic (exact) mass is 966 g/mol. The van der Waals surface area contributed by atoms with Crippen molar-refractivity contribution in [1.29, 1.82) is 0 Å². The molecule has 0 aliphatic heterocycles. The van der Waals surface area contributed by atoms with Crippen molar-refractivity contribution in [1.82, 2.24) is 4.90 Å². The van der Waals surface area contributed by atoms with E-state index in [0.717, 1.165) is 118 Å². The molecule has 5 rings (SSSR count). The standard InChI is InChI=1S/C61H107NO7/c1-6-9-18-26-48-39-52(48)43-54-41-50(54)28-21-14-12-16-23-31-59(63)67-46-56(45-66-38-36-47-34-35-58(57(47)30-20-11-8-3)69-61(65)33-25-37-62(4)5)68-60(64)32-24-17-13-15-22-29-51-42-55(51)44-53-40-49(53)27-19-10-7-2/h11,20,47-58H,6-10,12-19,21-46H2,1-5H3/b20-11-. The quantitative estimate of drug-likeness (QED) is 0.0258. The lowest BCUT2D eigenvalue weighted by molar-refractivity contribution is -0.163. The molecule has 0 amide bonds. The third-order valence-electron chi connectivity index (χ3n) is 17.4. The van der Waals surface area contributed by atoms with Crippen LogP contribution in [0.4, 0.5) is 0 Å². The minimum Gasteiger partial charge on any atom is -0.462 e. The number of hydrogen-bond donors (Lipinski definition) is 0. The number of unbranched alkanes of at least 4 members (excludes halogenated alkanes) is 12. The van der Waals surface area contributed by atoms with E-state index in [1.165, 1.54) is 141 Å². The Balaban J connectivity index is 0.948. The summed E-state index contributed by atoms with van der Waals surface area (Å²) in [4.78, 5) is 40.9. The van der Waals surface area contributed by atoms with Crippen molar-refractivity contribution in [2.75, 3.05) is 40.5 Å². The zero-order valence-corrected chi connectivity index (χ0v) is 45.5. The fraction of sp³-hybridized carbons (Fsp3) is 0.918. The van der Waals surface area contributed by atoms with Crippen LogP contribution in [-0.2, 0) is 33.3 Å². The normalized spacial score (nSPS) is 28.3. The highest BCUT2D eigenvalue weighted by atomic mass is 16.6. The van der Waals surface area contributed by atoms with Crippen LogP contribution in [-0.4, -0.2) is 75.5 Å². The minimum absolute atomic E-state index is 0.0373. The van der Waals surface area contributed by atoms with Gasteiger partial charge in [0.2, 0.25) is 0 Å². The highest BCUT2D eigenvalue weighted by Gasteiger charge is 2.46. The number of rotatable bonds is 44. The van der Waals surface area contributed by atoms with E-state index in [0.29, 0.717) is 31.8 Å². The summed E-state index contributed by atoms with van der Waals surface area (Å²) in [5, 5.41) is 0. The second-order valence-electron chi connectivity index (χ2n) is 23.8. The molecule has 0 aromatic rings. The smallest absolute Gasteiger partial charge is 0.306 e. The molecular formula is C61H107NO7. The number of allylic oxidation sites excluding steroid dienone is 2. The van der Waals surface area contributed by atoms with Crippen LogP contribution in [0.15, 0.2) is 12.2 Å². The first-order chi connectivity index (χ1) is 33.7. The van der Waals surface area contributed by atoms with E-state index in [1.807, 2.05) is 14.1 Å². The number of nitrogens with zero attached hydrogens (tertiary/aromatic N) is 1. The molecule has 69 heavy (non-hydrogen) atoms. The van der Waals surface area contributed by atoms with E-state index < -0.39 is 6.10 Å². The SMILES string of the molecule is CC/C=C\CC1C(CCOCC(COC(=O)CCCCCCCC2CC2CC2CC2CCCCC)OC(=O)CCCCCCCC2CC2CC2CC2CCCCC)CCC1OC(=O)CCCN(C)C. The fourth-order valence-corrected chi connectivity index (χ4v) is 12.5. The van der Waals surface area contributed by atoms with Crippen LogP contribution in [0.25, 0.3) is 0 Å². The summed E-state index contributed by atoms with van der Waals surface area (Å²) >= 11 is 0. The van der Waals surface area contributed by atoms with Gasteiger partial charge >= 0.3 is 17.9 Å². The molecule has 5 aliphatic rings. The van der Waals surface area contributed by atoms with Crippen LogP contribution in [0.1, 0.15) is 245 Å². The van der Waals surface area contributed by atoms with Crippen molar-refractivity contribution in [3.8, 4) is 0 Å². The molecule has 0 bridgehead atoms. The summed E-state index contributed by atoms with van der Waals surface area (Å²) in [5.41, 5.74) is 0. The highest BCUT2D eigenvalue weighted by Crippen LogP contribution is 2.56. The van der Waals surface area contributed by atoms with Gasteiger partial charge < -0.3 is 23.8 Å². The van der Waals surface area contributed by atoms with Crippen LogP contribution in [0, 0.1) is 59.2 Å². The Labute approximate surface area is 424 Å². The molecule has 12 atom stereocenters. The van der Waals surface area contributed by atoms with Crippen LogP contribution in [0.3, 0.4) is 0 Å². The van der Waals surface area contributed by atoms with Gasteiger partial charge in [0.15, 0.2) is 6.10 Å². The molecule has 12 unspecified atom stereocenters. The maximum atomic E-state index is 13.1. The van der Waals surface area contributed by atoms with Crippen LogP contribution in [0.2, 0.25) is 0 Å². The van der Waals surface area contributed by atoms with E-state index in [1.54, 1.807) is 0 Å². The molecule has 0 N–H and O–H groups in total. The second kappa shape index (κ2) is 33.7. The van der Waals surface area contributed by atoms with Gasteiger partial charge in [-0.2, -0.15) is 0 Å². The topological polar surface area (TPSA) is 91.4 Å². The van der Waals surface area contributed by atoms with Gasteiger partial charge in [-0.05, 0) is 164 Å². The fourth-order valence-electron chi connectivity index (χ4n) is 12.5. The Kier molecular flexibility index (Phi) is 28.3. The predicted octanol–water partition coefficient (Wildman–Crippen LogP) is 15.4. The Morgan fingerprint density at radius 1 is 0.522 bits per heavy atom. The summed E-state index contributed by atoms with van der Waals surface area (Å²) in [6, 6.07) is 0. The predicted molar refractivity (Wildman–Crippen MR) is 283 cm³/mol. The molecule has 398 valence electrons. The lowest BCUT2D eigenvalue weighted by Gasteiger charge is -2.24. The first kappa shape index (κ1) is 58.0. The number of ether oxygens (including phenoxy) is 4. The molecule has 8 heteroatoms. The van der Waals surface area contributed by atoms with E-state index in [9.17, 15) is 14.4 Å². The van der Waals surface area contributed by atoms with Crippen molar-refractivity contribution < 1.29 is 33.3 Å². The first-order valence-electron chi connectivity index (χ1n) is 30.1. The first-order valence-corrected chi connectivity index (χ1v) is 30.1. The second-order valence-corrected chi connectivity index (χ2v) is 23.8. The zero-order chi connectivity index (χ0) is 49.1. The molecule has 5 fully saturated rings. The van der Waals surface area contributed by atoms with Crippen molar-refractivity contribution in [2.45, 2.75) is 258 Å². The van der Waals surface area contributed by atoms with Crippen molar-refractivity contribution in [3.63, 3.8) is 0 Å². The van der Waals surface area contributed by atoms with Gasteiger partial charge in [0.25, 0.3) is 0 Å². The number of esters is 3. The molecule has 5 aliphatic carbocycles. The Morgan fingerprint density at radius 3 is 1.57 bits per heavy atom. The lowest BCUT2D eigenvalue weighted by atomic mass is 9.89. The average molecular weight is 967 g/mol. The zero-order valence-electron chi connectivity index (χ0n) is 45.5. The summed E-state index contributed by atoms with van der Waals surface area (Å²) in [6.45, 7) is 8.40. The maximum absolute atomic E-state index is 13.1. The molecule has 0 aromatic heterocycles. The number of carbonyl (C=O) groups excluding carboxylic acids is 3. The molecule has 0 spiro atoms. The number of carbonyl (C=O) groups is 3. The van der Waals surface area contributed by atoms with Gasteiger partial charge in [0.1, 0.15) is 12.7 Å². The summed E-state index contributed by atoms with van der Waals surface area (Å²) in [5.74, 6) is 8.34. The molecular weight excluding hydrogens is 859 g/mol. The van der Waals surface area contributed by atoms with E-state index in [4.69, 9.17) is 18.9 Å². The van der Waals surface area contributed by atoms with E-state index in [2.05, 4.69) is 37.8 Å². The summed E-state index contributed by atoms with van der Waals surface area (Å²) < 4.78 is 24.0. The van der Waals surface area contributed by atoms with Gasteiger partial charge in [-0.1, -0.05) is 148 Å². The molecule has 0 saturated heterocycles. The van der Waals surface area contributed by atoms with Gasteiger partial charge in [0, 0.05) is 31.8 Å². The Hall–Kier alpha value is -1.93. The Morgan fingerprint density at radius 2 is 1.03 bits per heavy atom. The molecule has 0 heterocycles.